The number of carboxylic acid groups (broad SMARTS) is 1. The molecular weight excluding hydrogens is 399 g/mol. The molecule has 8 heteroatoms. The van der Waals surface area contributed by atoms with Crippen molar-refractivity contribution < 1.29 is 19.1 Å². The highest BCUT2D eigenvalue weighted by molar-refractivity contribution is 5.95. The van der Waals surface area contributed by atoms with E-state index in [0.717, 1.165) is 43.1 Å². The number of benzene rings is 1. The van der Waals surface area contributed by atoms with Gasteiger partial charge >= 0.3 is 5.97 Å². The van der Waals surface area contributed by atoms with E-state index in [4.69, 9.17) is 10.1 Å². The summed E-state index contributed by atoms with van der Waals surface area (Å²) in [5.41, 5.74) is 0.539. The van der Waals surface area contributed by atoms with Gasteiger partial charge < -0.3 is 15.3 Å². The smallest absolute Gasteiger partial charge is 0.335 e. The largest absolute Gasteiger partial charge is 0.478 e. The van der Waals surface area contributed by atoms with Crippen LogP contribution in [0.3, 0.4) is 0 Å². The fourth-order valence-corrected chi connectivity index (χ4v) is 5.00. The minimum Gasteiger partial charge on any atom is -0.478 e. The Balaban J connectivity index is 1.52. The summed E-state index contributed by atoms with van der Waals surface area (Å²) in [5, 5.41) is 11.9. The van der Waals surface area contributed by atoms with Crippen molar-refractivity contribution in [3.05, 3.63) is 41.3 Å². The van der Waals surface area contributed by atoms with Gasteiger partial charge in [-0.05, 0) is 43.9 Å². The predicted molar refractivity (Wildman–Crippen MR) is 113 cm³/mol. The molecule has 0 radical (unpaired) electrons. The first-order chi connectivity index (χ1) is 14.9. The lowest BCUT2D eigenvalue weighted by atomic mass is 9.89. The highest BCUT2D eigenvalue weighted by Gasteiger charge is 2.55. The quantitative estimate of drug-likeness (QED) is 0.757. The molecule has 1 aromatic carbocycles. The number of carboxylic acids is 1. The van der Waals surface area contributed by atoms with Crippen LogP contribution in [-0.4, -0.2) is 39.4 Å². The van der Waals surface area contributed by atoms with Crippen molar-refractivity contribution in [3.63, 3.8) is 0 Å². The zero-order valence-electron chi connectivity index (χ0n) is 17.4. The van der Waals surface area contributed by atoms with Gasteiger partial charge in [0.2, 0.25) is 5.95 Å². The third kappa shape index (κ3) is 3.43. The molecule has 2 aromatic rings. The first-order valence-corrected chi connectivity index (χ1v) is 10.9. The maximum absolute atomic E-state index is 14.4. The molecule has 2 heterocycles. The predicted octanol–water partition coefficient (Wildman–Crippen LogP) is 4.27. The van der Waals surface area contributed by atoms with E-state index in [1.54, 1.807) is 6.20 Å². The number of ketones is 1. The normalized spacial score (nSPS) is 22.3. The number of Topliss-reactive ketones (excluding diaryl/α,β-unsaturated/α-hetero) is 1. The summed E-state index contributed by atoms with van der Waals surface area (Å²) >= 11 is 0. The topological polar surface area (TPSA) is 95.4 Å². The Morgan fingerprint density at radius 2 is 2.03 bits per heavy atom. The van der Waals surface area contributed by atoms with Crippen molar-refractivity contribution in [3.8, 4) is 0 Å². The summed E-state index contributed by atoms with van der Waals surface area (Å²) in [5.74, 6) is -0.886. The van der Waals surface area contributed by atoms with Crippen LogP contribution in [-0.2, 0) is 4.79 Å². The summed E-state index contributed by atoms with van der Waals surface area (Å²) in [7, 11) is 0. The fourth-order valence-electron chi connectivity index (χ4n) is 5.00. The van der Waals surface area contributed by atoms with Crippen LogP contribution >= 0.6 is 0 Å². The van der Waals surface area contributed by atoms with Gasteiger partial charge in [0.05, 0.1) is 11.3 Å². The number of nitrogens with zero attached hydrogens (tertiary/aromatic N) is 3. The molecule has 1 aromatic heterocycles. The van der Waals surface area contributed by atoms with E-state index in [9.17, 15) is 14.0 Å². The molecule has 5 rings (SSSR count). The standard InChI is InChI=1S/C23H25FN4O3/c1-13-16-11-25-22(26-18-7-6-14(21(30)31)10-17(18)24)27-20(16)28(15-4-2-3-5-15)12-23(8-9-23)19(13)29/h6-7,10-11,13,15H,2-5,8-9,12H2,1H3,(H,30,31)(H,25,26,27). The molecule has 2 fully saturated rings. The zero-order valence-corrected chi connectivity index (χ0v) is 17.4. The molecule has 0 bridgehead atoms. The molecule has 162 valence electrons. The third-order valence-corrected chi connectivity index (χ3v) is 7.00. The van der Waals surface area contributed by atoms with Gasteiger partial charge in [0, 0.05) is 35.7 Å². The molecule has 1 atom stereocenters. The maximum atomic E-state index is 14.4. The van der Waals surface area contributed by atoms with Gasteiger partial charge in [-0.1, -0.05) is 19.8 Å². The van der Waals surface area contributed by atoms with Gasteiger partial charge in [-0.25, -0.2) is 14.2 Å². The van der Waals surface area contributed by atoms with Gasteiger partial charge in [-0.3, -0.25) is 4.79 Å². The van der Waals surface area contributed by atoms with Gasteiger partial charge in [0.25, 0.3) is 0 Å². The summed E-state index contributed by atoms with van der Waals surface area (Å²) in [6.45, 7) is 2.62. The molecule has 0 amide bonds. The number of rotatable bonds is 4. The van der Waals surface area contributed by atoms with E-state index in [0.29, 0.717) is 12.6 Å². The van der Waals surface area contributed by atoms with Gasteiger partial charge in [0.1, 0.15) is 17.4 Å². The highest BCUT2D eigenvalue weighted by Crippen LogP contribution is 2.54. The lowest BCUT2D eigenvalue weighted by Gasteiger charge is -2.32. The molecular formula is C23H25FN4O3. The van der Waals surface area contributed by atoms with Crippen LogP contribution in [0.15, 0.2) is 24.4 Å². The number of carbonyl (C=O) groups excluding carboxylic acids is 1. The molecule has 31 heavy (non-hydrogen) atoms. The van der Waals surface area contributed by atoms with E-state index in [1.807, 2.05) is 6.92 Å². The molecule has 2 aliphatic carbocycles. The highest BCUT2D eigenvalue weighted by atomic mass is 19.1. The Labute approximate surface area is 179 Å². The molecule has 2 N–H and O–H groups in total. The molecule has 1 aliphatic heterocycles. The Bertz CT molecular complexity index is 1060. The number of fused-ring (bicyclic) bond motifs is 1. The minimum absolute atomic E-state index is 0.105. The van der Waals surface area contributed by atoms with E-state index >= 15 is 0 Å². The number of aromatic carboxylic acids is 1. The summed E-state index contributed by atoms with van der Waals surface area (Å²) in [6, 6.07) is 4.02. The van der Waals surface area contributed by atoms with E-state index < -0.39 is 11.8 Å². The van der Waals surface area contributed by atoms with E-state index in [-0.39, 0.29) is 34.3 Å². The second-order valence-electron chi connectivity index (χ2n) is 9.03. The van der Waals surface area contributed by atoms with Crippen molar-refractivity contribution in [1.29, 1.82) is 0 Å². The van der Waals surface area contributed by atoms with Crippen molar-refractivity contribution in [1.82, 2.24) is 9.97 Å². The molecule has 2 saturated carbocycles. The van der Waals surface area contributed by atoms with Crippen LogP contribution in [0.25, 0.3) is 0 Å². The Morgan fingerprint density at radius 1 is 1.29 bits per heavy atom. The van der Waals surface area contributed by atoms with Crippen LogP contribution < -0.4 is 10.2 Å². The first-order valence-electron chi connectivity index (χ1n) is 10.9. The number of carbonyl (C=O) groups is 2. The van der Waals surface area contributed by atoms with Crippen LogP contribution in [0.5, 0.6) is 0 Å². The molecule has 3 aliphatic rings. The van der Waals surface area contributed by atoms with Gasteiger partial charge in [0.15, 0.2) is 0 Å². The fraction of sp³-hybridized carbons (Fsp3) is 0.478. The van der Waals surface area contributed by atoms with Crippen LogP contribution in [0.4, 0.5) is 21.8 Å². The zero-order chi connectivity index (χ0) is 21.8. The number of anilines is 3. The third-order valence-electron chi connectivity index (χ3n) is 7.00. The van der Waals surface area contributed by atoms with Crippen molar-refractivity contribution in [2.24, 2.45) is 5.41 Å². The number of halogens is 1. The maximum Gasteiger partial charge on any atom is 0.335 e. The monoisotopic (exact) mass is 424 g/mol. The molecule has 0 saturated heterocycles. The lowest BCUT2D eigenvalue weighted by molar-refractivity contribution is -0.124. The Kier molecular flexibility index (Phi) is 4.68. The number of hydrogen-bond acceptors (Lipinski definition) is 6. The number of hydrogen-bond donors (Lipinski definition) is 2. The van der Waals surface area contributed by atoms with Gasteiger partial charge in [-0.15, -0.1) is 0 Å². The van der Waals surface area contributed by atoms with Crippen LogP contribution in [0.1, 0.15) is 67.3 Å². The van der Waals surface area contributed by atoms with E-state index in [1.165, 1.54) is 25.0 Å². The molecule has 1 spiro atoms. The average molecular weight is 424 g/mol. The van der Waals surface area contributed by atoms with Crippen molar-refractivity contribution >= 4 is 29.2 Å². The van der Waals surface area contributed by atoms with Crippen molar-refractivity contribution in [2.45, 2.75) is 57.4 Å². The lowest BCUT2D eigenvalue weighted by Crippen LogP contribution is -2.39. The number of aromatic nitrogens is 2. The van der Waals surface area contributed by atoms with Gasteiger partial charge in [-0.2, -0.15) is 4.98 Å². The first kappa shape index (κ1) is 19.9. The SMILES string of the molecule is CC1C(=O)C2(CC2)CN(C2CCCC2)c2nc(Nc3ccc(C(=O)O)cc3F)ncc21. The Morgan fingerprint density at radius 3 is 2.68 bits per heavy atom. The van der Waals surface area contributed by atoms with Crippen LogP contribution in [0, 0.1) is 11.2 Å². The minimum atomic E-state index is -1.19. The molecule has 1 unspecified atom stereocenters. The van der Waals surface area contributed by atoms with E-state index in [2.05, 4.69) is 15.2 Å². The summed E-state index contributed by atoms with van der Waals surface area (Å²) in [4.78, 5) is 35.6. The summed E-state index contributed by atoms with van der Waals surface area (Å²) < 4.78 is 14.4. The Hall–Kier alpha value is -3.03. The number of nitrogens with one attached hydrogen (secondary N) is 1. The second kappa shape index (κ2) is 7.28. The van der Waals surface area contributed by atoms with Crippen LogP contribution in [0.2, 0.25) is 0 Å². The average Bonchev–Trinajstić information content (AvgIpc) is 3.36. The van der Waals surface area contributed by atoms with Crippen molar-refractivity contribution in [2.75, 3.05) is 16.8 Å². The second-order valence-corrected chi connectivity index (χ2v) is 9.03. The molecule has 7 nitrogen and oxygen atoms in total. The summed E-state index contributed by atoms with van der Waals surface area (Å²) in [6.07, 6.45) is 8.03.